The minimum Gasteiger partial charge on any atom is -0.480 e. The van der Waals surface area contributed by atoms with Crippen molar-refractivity contribution in [1.29, 1.82) is 0 Å². The van der Waals surface area contributed by atoms with Gasteiger partial charge in [0.15, 0.2) is 18.2 Å². The molecule has 5 rings (SSSR count). The molecule has 1 aromatic carbocycles. The predicted molar refractivity (Wildman–Crippen MR) is 121 cm³/mol. The van der Waals surface area contributed by atoms with Gasteiger partial charge in [-0.1, -0.05) is 6.07 Å². The molecular formula is C23H24FN5O5. The Morgan fingerprint density at radius 2 is 2.06 bits per heavy atom. The lowest BCUT2D eigenvalue weighted by Gasteiger charge is -2.28. The lowest BCUT2D eigenvalue weighted by molar-refractivity contribution is -0.119. The first-order valence-corrected chi connectivity index (χ1v) is 11.1. The summed E-state index contributed by atoms with van der Waals surface area (Å²) >= 11 is 0. The van der Waals surface area contributed by atoms with Crippen molar-refractivity contribution >= 4 is 35.2 Å². The summed E-state index contributed by atoms with van der Waals surface area (Å²) in [6, 6.07) is 6.47. The van der Waals surface area contributed by atoms with Crippen LogP contribution in [-0.2, 0) is 27.2 Å². The van der Waals surface area contributed by atoms with E-state index in [1.807, 2.05) is 0 Å². The number of aromatic nitrogens is 1. The fourth-order valence-corrected chi connectivity index (χ4v) is 4.45. The number of pyridine rings is 1. The summed E-state index contributed by atoms with van der Waals surface area (Å²) in [5, 5.41) is 5.83. The number of nitrogens with zero attached hydrogens (tertiary/aromatic N) is 3. The van der Waals surface area contributed by atoms with E-state index in [0.29, 0.717) is 55.2 Å². The van der Waals surface area contributed by atoms with Gasteiger partial charge in [-0.2, -0.15) is 0 Å². The number of cyclic esters (lactones) is 1. The Labute approximate surface area is 195 Å². The van der Waals surface area contributed by atoms with Crippen molar-refractivity contribution in [3.8, 4) is 5.75 Å². The van der Waals surface area contributed by atoms with E-state index in [1.165, 1.54) is 15.9 Å². The summed E-state index contributed by atoms with van der Waals surface area (Å²) < 4.78 is 25.3. The number of carbonyl (C=O) groups excluding carboxylic acids is 3. The monoisotopic (exact) mass is 469 g/mol. The Bertz CT molecular complexity index is 1170. The van der Waals surface area contributed by atoms with Crippen molar-refractivity contribution in [2.45, 2.75) is 25.4 Å². The largest absolute Gasteiger partial charge is 0.480 e. The summed E-state index contributed by atoms with van der Waals surface area (Å²) in [7, 11) is 1.68. The summed E-state index contributed by atoms with van der Waals surface area (Å²) in [4.78, 5) is 43.2. The molecule has 3 amide bonds. The van der Waals surface area contributed by atoms with Crippen molar-refractivity contribution in [1.82, 2.24) is 10.3 Å². The Hall–Kier alpha value is -3.73. The summed E-state index contributed by atoms with van der Waals surface area (Å²) in [5.41, 5.74) is 2.14. The highest BCUT2D eigenvalue weighted by Crippen LogP contribution is 2.33. The van der Waals surface area contributed by atoms with Gasteiger partial charge in [-0.3, -0.25) is 14.5 Å². The lowest BCUT2D eigenvalue weighted by atomic mass is 9.95. The third-order valence-electron chi connectivity index (χ3n) is 6.16. The first-order chi connectivity index (χ1) is 16.4. The van der Waals surface area contributed by atoms with Gasteiger partial charge in [0.2, 0.25) is 5.91 Å². The second-order valence-electron chi connectivity index (χ2n) is 8.41. The average Bonchev–Trinajstić information content (AvgIpc) is 3.20. The minimum atomic E-state index is -0.536. The smallest absolute Gasteiger partial charge is 0.416 e. The second-order valence-corrected chi connectivity index (χ2v) is 8.41. The molecule has 0 aliphatic carbocycles. The fraction of sp³-hybridized carbons (Fsp3) is 0.391. The van der Waals surface area contributed by atoms with Crippen LogP contribution in [0.15, 0.2) is 24.3 Å². The van der Waals surface area contributed by atoms with Gasteiger partial charge in [0.1, 0.15) is 17.7 Å². The number of aryl methyl sites for hydroxylation is 1. The van der Waals surface area contributed by atoms with Crippen LogP contribution in [0.5, 0.6) is 5.75 Å². The molecule has 10 nitrogen and oxygen atoms in total. The lowest BCUT2D eigenvalue weighted by Crippen LogP contribution is -2.34. The first-order valence-electron chi connectivity index (χ1n) is 11.1. The van der Waals surface area contributed by atoms with Crippen LogP contribution in [0, 0.1) is 5.82 Å². The van der Waals surface area contributed by atoms with Crippen LogP contribution >= 0.6 is 0 Å². The number of halogens is 1. The fourth-order valence-electron chi connectivity index (χ4n) is 4.45. The van der Waals surface area contributed by atoms with Gasteiger partial charge in [0, 0.05) is 25.6 Å². The molecule has 11 heteroatoms. The molecule has 3 aliphatic heterocycles. The molecule has 0 spiro atoms. The minimum absolute atomic E-state index is 0.0211. The average molecular weight is 469 g/mol. The summed E-state index contributed by atoms with van der Waals surface area (Å²) in [6.07, 6.45) is 0.470. The Kier molecular flexibility index (Phi) is 5.78. The van der Waals surface area contributed by atoms with Crippen LogP contribution in [0.4, 0.5) is 26.5 Å². The second kappa shape index (κ2) is 8.90. The number of amides is 3. The SMILES string of the molecule is CN1C(=O)CCc2ccc(F)c(CCNC[C@H]3CN(c4ccc5c(n4)NC(=O)CO5)C(=O)O3)c21. The van der Waals surface area contributed by atoms with E-state index in [1.54, 1.807) is 25.2 Å². The van der Waals surface area contributed by atoms with Gasteiger partial charge in [-0.25, -0.2) is 14.2 Å². The molecule has 0 saturated carbocycles. The molecule has 0 radical (unpaired) electrons. The van der Waals surface area contributed by atoms with Crippen molar-refractivity contribution in [3.05, 3.63) is 41.2 Å². The number of rotatable bonds is 6. The topological polar surface area (TPSA) is 113 Å². The molecule has 0 bridgehead atoms. The highest BCUT2D eigenvalue weighted by molar-refractivity contribution is 5.97. The molecule has 1 fully saturated rings. The molecule has 1 saturated heterocycles. The van der Waals surface area contributed by atoms with Crippen LogP contribution in [0.2, 0.25) is 0 Å². The number of nitrogens with one attached hydrogen (secondary N) is 2. The van der Waals surface area contributed by atoms with Gasteiger partial charge in [-0.05, 0) is 43.1 Å². The third kappa shape index (κ3) is 4.14. The molecule has 1 aromatic heterocycles. The highest BCUT2D eigenvalue weighted by atomic mass is 19.1. The van der Waals surface area contributed by atoms with Crippen molar-refractivity contribution in [2.75, 3.05) is 48.4 Å². The normalized spacial score (nSPS) is 19.4. The zero-order chi connectivity index (χ0) is 23.8. The molecule has 3 aliphatic rings. The van der Waals surface area contributed by atoms with Crippen LogP contribution < -0.4 is 25.2 Å². The molecule has 0 unspecified atom stereocenters. The van der Waals surface area contributed by atoms with E-state index < -0.39 is 12.2 Å². The van der Waals surface area contributed by atoms with Gasteiger partial charge >= 0.3 is 6.09 Å². The number of anilines is 3. The zero-order valence-corrected chi connectivity index (χ0v) is 18.6. The predicted octanol–water partition coefficient (Wildman–Crippen LogP) is 1.62. The van der Waals surface area contributed by atoms with Crippen LogP contribution in [0.1, 0.15) is 17.5 Å². The summed E-state index contributed by atoms with van der Waals surface area (Å²) in [5.74, 6) is 0.386. The van der Waals surface area contributed by atoms with E-state index in [-0.39, 0.29) is 36.6 Å². The van der Waals surface area contributed by atoms with Gasteiger partial charge in [0.05, 0.1) is 12.2 Å². The van der Waals surface area contributed by atoms with Crippen LogP contribution in [0.3, 0.4) is 0 Å². The van der Waals surface area contributed by atoms with E-state index >= 15 is 0 Å². The van der Waals surface area contributed by atoms with E-state index in [4.69, 9.17) is 9.47 Å². The number of carbonyl (C=O) groups is 3. The van der Waals surface area contributed by atoms with Crippen molar-refractivity contribution < 1.29 is 28.2 Å². The van der Waals surface area contributed by atoms with Gasteiger partial charge in [0.25, 0.3) is 5.91 Å². The number of fused-ring (bicyclic) bond motifs is 2. The Morgan fingerprint density at radius 1 is 1.21 bits per heavy atom. The van der Waals surface area contributed by atoms with E-state index in [2.05, 4.69) is 15.6 Å². The maximum Gasteiger partial charge on any atom is 0.416 e. The highest BCUT2D eigenvalue weighted by Gasteiger charge is 2.34. The molecule has 4 heterocycles. The third-order valence-corrected chi connectivity index (χ3v) is 6.16. The van der Waals surface area contributed by atoms with Gasteiger partial charge < -0.3 is 25.0 Å². The molecule has 178 valence electrons. The molecule has 1 atom stereocenters. The van der Waals surface area contributed by atoms with Crippen LogP contribution in [0.25, 0.3) is 0 Å². The Morgan fingerprint density at radius 3 is 2.91 bits per heavy atom. The number of benzene rings is 1. The quantitative estimate of drug-likeness (QED) is 0.618. The van der Waals surface area contributed by atoms with Gasteiger partial charge in [-0.15, -0.1) is 0 Å². The maximum atomic E-state index is 14.6. The number of ether oxygens (including phenoxy) is 2. The first kappa shape index (κ1) is 22.1. The molecule has 2 aromatic rings. The zero-order valence-electron chi connectivity index (χ0n) is 18.6. The van der Waals surface area contributed by atoms with Crippen LogP contribution in [-0.4, -0.2) is 62.3 Å². The molecule has 34 heavy (non-hydrogen) atoms. The molecule has 2 N–H and O–H groups in total. The Balaban J connectivity index is 1.18. The number of hydrogen-bond acceptors (Lipinski definition) is 7. The standard InChI is InChI=1S/C23H24FN5O5/c1-28-20(31)7-3-13-2-4-16(24)15(21(13)28)8-9-25-10-14-11-29(23(32)34-14)18-6-5-17-22(26-18)27-19(30)12-33-17/h2,4-6,14,25H,3,7-12H2,1H3,(H,26,27,30)/t14-/m0/s1. The molecular weight excluding hydrogens is 445 g/mol. The maximum absolute atomic E-state index is 14.6. The van der Waals surface area contributed by atoms with E-state index in [9.17, 15) is 18.8 Å². The summed E-state index contributed by atoms with van der Waals surface area (Å²) in [6.45, 7) is 1.02. The van der Waals surface area contributed by atoms with Crippen molar-refractivity contribution in [3.63, 3.8) is 0 Å². The van der Waals surface area contributed by atoms with E-state index in [0.717, 1.165) is 5.56 Å². The number of hydrogen-bond donors (Lipinski definition) is 2. The van der Waals surface area contributed by atoms with Crippen molar-refractivity contribution in [2.24, 2.45) is 0 Å².